The second-order valence-electron chi connectivity index (χ2n) is 9.38. The van der Waals surface area contributed by atoms with Crippen LogP contribution in [0.25, 0.3) is 10.8 Å². The monoisotopic (exact) mass is 471 g/mol. The van der Waals surface area contributed by atoms with E-state index in [2.05, 4.69) is 71.2 Å². The molecule has 2 aliphatic heterocycles. The van der Waals surface area contributed by atoms with Crippen molar-refractivity contribution in [2.45, 2.75) is 38.3 Å². The summed E-state index contributed by atoms with van der Waals surface area (Å²) in [7, 11) is 2.14. The van der Waals surface area contributed by atoms with Gasteiger partial charge in [-0.05, 0) is 50.4 Å². The number of ether oxygens (including phenoxy) is 1. The molecule has 0 radical (unpaired) electrons. The van der Waals surface area contributed by atoms with E-state index in [4.69, 9.17) is 14.7 Å². The van der Waals surface area contributed by atoms with Crippen molar-refractivity contribution in [2.75, 3.05) is 43.5 Å². The first-order valence-corrected chi connectivity index (χ1v) is 12.5. The molecule has 1 atom stereocenters. The highest BCUT2D eigenvalue weighted by molar-refractivity contribution is 5.94. The molecule has 2 aromatic carbocycles. The predicted octanol–water partition coefficient (Wildman–Crippen LogP) is 4.22. The minimum absolute atomic E-state index is 0.0169. The van der Waals surface area contributed by atoms with E-state index < -0.39 is 0 Å². The molecule has 0 aliphatic carbocycles. The van der Waals surface area contributed by atoms with Crippen LogP contribution in [0.15, 0.2) is 55.1 Å². The first kappa shape index (κ1) is 23.3. The Bertz CT molecular complexity index is 1220. The van der Waals surface area contributed by atoms with Gasteiger partial charge in [0, 0.05) is 42.2 Å². The Morgan fingerprint density at radius 3 is 2.89 bits per heavy atom. The van der Waals surface area contributed by atoms with E-state index in [1.54, 1.807) is 0 Å². The molecule has 182 valence electrons. The lowest BCUT2D eigenvalue weighted by molar-refractivity contribution is -0.114. The number of carbonyl (C=O) groups is 1. The van der Waals surface area contributed by atoms with Crippen LogP contribution < -0.4 is 15.0 Å². The number of nitrogens with zero attached hydrogens (tertiary/aromatic N) is 4. The molecule has 3 aromatic rings. The van der Waals surface area contributed by atoms with Crippen molar-refractivity contribution in [1.29, 1.82) is 0 Å². The van der Waals surface area contributed by atoms with E-state index >= 15 is 0 Å². The van der Waals surface area contributed by atoms with Crippen LogP contribution in [-0.4, -0.2) is 60.0 Å². The summed E-state index contributed by atoms with van der Waals surface area (Å²) in [5.74, 6) is 0.794. The molecule has 3 heterocycles. The van der Waals surface area contributed by atoms with Crippen molar-refractivity contribution < 1.29 is 9.53 Å². The molecule has 5 rings (SSSR count). The SMILES string of the molecule is C=CC(=O)CCNc1nc(OC[C@@H]2CCCN2C)nc2c1CCN(c1cccc3ccccc13)C2. The Labute approximate surface area is 206 Å². The highest BCUT2D eigenvalue weighted by Gasteiger charge is 2.26. The van der Waals surface area contributed by atoms with E-state index in [0.29, 0.717) is 38.2 Å². The minimum atomic E-state index is 0.0169. The zero-order valence-electron chi connectivity index (χ0n) is 20.4. The lowest BCUT2D eigenvalue weighted by atomic mass is 10.0. The molecule has 7 nitrogen and oxygen atoms in total. The quantitative estimate of drug-likeness (QED) is 0.469. The van der Waals surface area contributed by atoms with Crippen LogP contribution in [0.2, 0.25) is 0 Å². The lowest BCUT2D eigenvalue weighted by Gasteiger charge is -2.32. The topological polar surface area (TPSA) is 70.6 Å². The standard InChI is InChI=1S/C28H33N5O2/c1-3-22(34)13-15-29-27-24-14-17-33(26-12-6-9-20-8-4-5-11-23(20)26)18-25(24)30-28(31-27)35-19-21-10-7-16-32(21)2/h3-6,8-9,11-12,21H,1,7,10,13-19H2,2H3,(H,29,30,31)/t21-/m0/s1. The van der Waals surface area contributed by atoms with Crippen molar-refractivity contribution in [3.8, 4) is 6.01 Å². The zero-order chi connectivity index (χ0) is 24.2. The molecule has 0 saturated carbocycles. The summed E-state index contributed by atoms with van der Waals surface area (Å²) in [5, 5.41) is 5.85. The fourth-order valence-corrected chi connectivity index (χ4v) is 5.08. The molecular formula is C28H33N5O2. The molecule has 0 amide bonds. The number of rotatable bonds is 9. The van der Waals surface area contributed by atoms with Crippen molar-refractivity contribution in [3.63, 3.8) is 0 Å². The molecule has 2 aliphatic rings. The third-order valence-corrected chi connectivity index (χ3v) is 7.12. The molecule has 7 heteroatoms. The number of likely N-dealkylation sites (N-methyl/N-ethyl adjacent to an activating group) is 1. The minimum Gasteiger partial charge on any atom is -0.462 e. The summed E-state index contributed by atoms with van der Waals surface area (Å²) in [4.78, 5) is 26.0. The number of anilines is 2. The zero-order valence-corrected chi connectivity index (χ0v) is 20.4. The summed E-state index contributed by atoms with van der Waals surface area (Å²) in [5.41, 5.74) is 3.30. The fraction of sp³-hybridized carbons (Fsp3) is 0.393. The van der Waals surface area contributed by atoms with Crippen LogP contribution in [0.1, 0.15) is 30.5 Å². The van der Waals surface area contributed by atoms with Gasteiger partial charge in [-0.15, -0.1) is 0 Å². The van der Waals surface area contributed by atoms with E-state index in [1.807, 2.05) is 0 Å². The Morgan fingerprint density at radius 2 is 2.06 bits per heavy atom. The first-order chi connectivity index (χ1) is 17.1. The number of hydrogen-bond donors (Lipinski definition) is 1. The Hall–Kier alpha value is -3.45. The first-order valence-electron chi connectivity index (χ1n) is 12.5. The largest absolute Gasteiger partial charge is 0.462 e. The van der Waals surface area contributed by atoms with Crippen LogP contribution >= 0.6 is 0 Å². The molecule has 0 bridgehead atoms. The van der Waals surface area contributed by atoms with Gasteiger partial charge in [-0.25, -0.2) is 0 Å². The van der Waals surface area contributed by atoms with Crippen molar-refractivity contribution >= 4 is 28.1 Å². The van der Waals surface area contributed by atoms with Gasteiger partial charge in [0.15, 0.2) is 5.78 Å². The van der Waals surface area contributed by atoms with Crippen molar-refractivity contribution in [1.82, 2.24) is 14.9 Å². The average Bonchev–Trinajstić information content (AvgIpc) is 3.31. The smallest absolute Gasteiger partial charge is 0.318 e. The van der Waals surface area contributed by atoms with Crippen LogP contribution in [0, 0.1) is 0 Å². The number of hydrogen-bond acceptors (Lipinski definition) is 7. The van der Waals surface area contributed by atoms with Crippen molar-refractivity contribution in [2.24, 2.45) is 0 Å². The summed E-state index contributed by atoms with van der Waals surface area (Å²) in [6.07, 6.45) is 4.89. The van der Waals surface area contributed by atoms with Crippen LogP contribution in [-0.2, 0) is 17.8 Å². The molecule has 1 aromatic heterocycles. The maximum Gasteiger partial charge on any atom is 0.318 e. The molecule has 1 saturated heterocycles. The van der Waals surface area contributed by atoms with Gasteiger partial charge in [-0.1, -0.05) is 43.0 Å². The van der Waals surface area contributed by atoms with Crippen molar-refractivity contribution in [3.05, 3.63) is 66.4 Å². The van der Waals surface area contributed by atoms with Crippen LogP contribution in [0.3, 0.4) is 0 Å². The summed E-state index contributed by atoms with van der Waals surface area (Å²) < 4.78 is 6.12. The van der Waals surface area contributed by atoms with E-state index in [0.717, 1.165) is 43.0 Å². The maximum absolute atomic E-state index is 11.7. The van der Waals surface area contributed by atoms with Gasteiger partial charge in [0.25, 0.3) is 0 Å². The number of allylic oxidation sites excluding steroid dienone is 1. The summed E-state index contributed by atoms with van der Waals surface area (Å²) in [6.45, 7) is 7.31. The molecular weight excluding hydrogens is 438 g/mol. The van der Waals surface area contributed by atoms with Gasteiger partial charge in [-0.2, -0.15) is 9.97 Å². The van der Waals surface area contributed by atoms with Gasteiger partial charge in [0.05, 0.1) is 12.2 Å². The number of likely N-dealkylation sites (tertiary alicyclic amines) is 1. The second-order valence-corrected chi connectivity index (χ2v) is 9.38. The second kappa shape index (κ2) is 10.4. The number of nitrogens with one attached hydrogen (secondary N) is 1. The third-order valence-electron chi connectivity index (χ3n) is 7.12. The van der Waals surface area contributed by atoms with Gasteiger partial charge < -0.3 is 19.9 Å². The third kappa shape index (κ3) is 5.15. The Kier molecular flexibility index (Phi) is 6.95. The average molecular weight is 472 g/mol. The number of carbonyl (C=O) groups excluding carboxylic acids is 1. The fourth-order valence-electron chi connectivity index (χ4n) is 5.08. The van der Waals surface area contributed by atoms with Gasteiger partial charge in [-0.3, -0.25) is 4.79 Å². The highest BCUT2D eigenvalue weighted by atomic mass is 16.5. The van der Waals surface area contributed by atoms with Gasteiger partial charge >= 0.3 is 6.01 Å². The lowest BCUT2D eigenvalue weighted by Crippen LogP contribution is -2.33. The van der Waals surface area contributed by atoms with Gasteiger partial charge in [0.1, 0.15) is 12.4 Å². The molecule has 0 unspecified atom stereocenters. The number of fused-ring (bicyclic) bond motifs is 2. The normalized spacial score (nSPS) is 17.9. The molecule has 1 N–H and O–H groups in total. The van der Waals surface area contributed by atoms with E-state index in [-0.39, 0.29) is 5.78 Å². The molecule has 0 spiro atoms. The number of aromatic nitrogens is 2. The summed E-state index contributed by atoms with van der Waals surface area (Å²) >= 11 is 0. The highest BCUT2D eigenvalue weighted by Crippen LogP contribution is 2.33. The number of ketones is 1. The van der Waals surface area contributed by atoms with Gasteiger partial charge in [0.2, 0.25) is 0 Å². The Morgan fingerprint density at radius 1 is 1.20 bits per heavy atom. The van der Waals surface area contributed by atoms with E-state index in [1.165, 1.54) is 29.0 Å². The maximum atomic E-state index is 11.7. The summed E-state index contributed by atoms with van der Waals surface area (Å²) in [6, 6.07) is 15.7. The predicted molar refractivity (Wildman–Crippen MR) is 140 cm³/mol. The van der Waals surface area contributed by atoms with Crippen LogP contribution in [0.5, 0.6) is 6.01 Å². The van der Waals surface area contributed by atoms with E-state index in [9.17, 15) is 4.79 Å². The molecule has 1 fully saturated rings. The number of benzene rings is 2. The van der Waals surface area contributed by atoms with Crippen LogP contribution in [0.4, 0.5) is 11.5 Å². The molecule has 35 heavy (non-hydrogen) atoms. The Balaban J connectivity index is 1.41.